The van der Waals surface area contributed by atoms with Gasteiger partial charge in [-0.1, -0.05) is 30.3 Å². The summed E-state index contributed by atoms with van der Waals surface area (Å²) in [5, 5.41) is 3.51. The summed E-state index contributed by atoms with van der Waals surface area (Å²) in [7, 11) is 1.72. The van der Waals surface area contributed by atoms with E-state index in [1.54, 1.807) is 7.11 Å². The molecule has 0 aliphatic carbocycles. The Labute approximate surface area is 108 Å². The second-order valence-electron chi connectivity index (χ2n) is 4.72. The van der Waals surface area contributed by atoms with E-state index in [2.05, 4.69) is 47.8 Å². The first-order valence-electron chi connectivity index (χ1n) is 6.32. The van der Waals surface area contributed by atoms with Gasteiger partial charge in [0.2, 0.25) is 0 Å². The van der Waals surface area contributed by atoms with E-state index in [0.717, 1.165) is 18.7 Å². The Morgan fingerprint density at radius 2 is 2.00 bits per heavy atom. The number of hydrogen-bond donors (Lipinski definition) is 1. The highest BCUT2D eigenvalue weighted by atomic mass is 16.5. The quantitative estimate of drug-likeness (QED) is 0.866. The highest BCUT2D eigenvalue weighted by Crippen LogP contribution is 2.31. The second-order valence-corrected chi connectivity index (χ2v) is 4.72. The van der Waals surface area contributed by atoms with E-state index in [-0.39, 0.29) is 0 Å². The highest BCUT2D eigenvalue weighted by molar-refractivity contribution is 5.54. The molecule has 0 aromatic heterocycles. The molecule has 0 fully saturated rings. The Morgan fingerprint density at radius 1 is 1.11 bits per heavy atom. The van der Waals surface area contributed by atoms with Gasteiger partial charge in [0.05, 0.1) is 7.11 Å². The van der Waals surface area contributed by atoms with Crippen LogP contribution in [0.3, 0.4) is 0 Å². The fourth-order valence-corrected chi connectivity index (χ4v) is 2.57. The largest absolute Gasteiger partial charge is 0.497 e. The summed E-state index contributed by atoms with van der Waals surface area (Å²) in [4.78, 5) is 0. The van der Waals surface area contributed by atoms with Gasteiger partial charge < -0.3 is 10.1 Å². The third kappa shape index (κ3) is 2.06. The van der Waals surface area contributed by atoms with Crippen LogP contribution in [0.1, 0.15) is 17.0 Å². The Hall–Kier alpha value is -1.96. The number of rotatable bonds is 2. The van der Waals surface area contributed by atoms with Crippen LogP contribution in [-0.4, -0.2) is 13.7 Å². The van der Waals surface area contributed by atoms with Crippen molar-refractivity contribution >= 4 is 5.69 Å². The summed E-state index contributed by atoms with van der Waals surface area (Å²) in [5.41, 5.74) is 4.02. The van der Waals surface area contributed by atoms with Crippen molar-refractivity contribution in [3.63, 3.8) is 0 Å². The molecule has 1 N–H and O–H groups in total. The molecule has 1 atom stereocenters. The number of anilines is 1. The van der Waals surface area contributed by atoms with Crippen molar-refractivity contribution in [2.24, 2.45) is 0 Å². The average molecular weight is 239 g/mol. The fraction of sp³-hybridized carbons (Fsp3) is 0.250. The molecule has 0 radical (unpaired) electrons. The molecule has 0 saturated carbocycles. The summed E-state index contributed by atoms with van der Waals surface area (Å²) in [5.74, 6) is 1.46. The van der Waals surface area contributed by atoms with Gasteiger partial charge in [-0.05, 0) is 35.7 Å². The van der Waals surface area contributed by atoms with Gasteiger partial charge in [0.15, 0.2) is 0 Å². The van der Waals surface area contributed by atoms with Gasteiger partial charge in [-0.2, -0.15) is 0 Å². The lowest BCUT2D eigenvalue weighted by atomic mass is 9.88. The van der Waals surface area contributed by atoms with Crippen LogP contribution in [0.25, 0.3) is 0 Å². The van der Waals surface area contributed by atoms with Gasteiger partial charge in [-0.25, -0.2) is 0 Å². The van der Waals surface area contributed by atoms with Gasteiger partial charge >= 0.3 is 0 Å². The molecule has 2 aromatic rings. The molecule has 0 spiro atoms. The van der Waals surface area contributed by atoms with Crippen LogP contribution in [0.5, 0.6) is 5.75 Å². The standard InChI is InChI=1S/C16H17NO/c1-18-15-7-4-6-12(10-15)14-9-13-5-2-3-8-16(13)17-11-14/h2-8,10,14,17H,9,11H2,1H3. The lowest BCUT2D eigenvalue weighted by Gasteiger charge is -2.26. The van der Waals surface area contributed by atoms with Crippen LogP contribution in [-0.2, 0) is 6.42 Å². The molecule has 2 nitrogen and oxygen atoms in total. The van der Waals surface area contributed by atoms with E-state index in [0.29, 0.717) is 5.92 Å². The number of hydrogen-bond acceptors (Lipinski definition) is 2. The molecule has 0 saturated heterocycles. The minimum Gasteiger partial charge on any atom is -0.497 e. The lowest BCUT2D eigenvalue weighted by molar-refractivity contribution is 0.413. The van der Waals surface area contributed by atoms with E-state index < -0.39 is 0 Å². The Kier molecular flexibility index (Phi) is 2.93. The number of nitrogens with one attached hydrogen (secondary N) is 1. The first kappa shape index (κ1) is 11.1. The Bertz CT molecular complexity index is 550. The monoisotopic (exact) mass is 239 g/mol. The van der Waals surface area contributed by atoms with Gasteiger partial charge in [-0.3, -0.25) is 0 Å². The maximum atomic E-state index is 5.29. The molecule has 2 heteroatoms. The predicted octanol–water partition coefficient (Wildman–Crippen LogP) is 3.45. The predicted molar refractivity (Wildman–Crippen MR) is 74.4 cm³/mol. The van der Waals surface area contributed by atoms with Crippen molar-refractivity contribution in [2.45, 2.75) is 12.3 Å². The van der Waals surface area contributed by atoms with Crippen LogP contribution in [0.4, 0.5) is 5.69 Å². The number of para-hydroxylation sites is 1. The van der Waals surface area contributed by atoms with Crippen LogP contribution >= 0.6 is 0 Å². The second kappa shape index (κ2) is 4.73. The number of benzene rings is 2. The minimum atomic E-state index is 0.523. The molecule has 1 aliphatic rings. The van der Waals surface area contributed by atoms with Gasteiger partial charge in [-0.15, -0.1) is 0 Å². The van der Waals surface area contributed by atoms with Crippen molar-refractivity contribution in [2.75, 3.05) is 19.0 Å². The van der Waals surface area contributed by atoms with Crippen LogP contribution in [0.2, 0.25) is 0 Å². The van der Waals surface area contributed by atoms with E-state index >= 15 is 0 Å². The third-order valence-electron chi connectivity index (χ3n) is 3.59. The maximum absolute atomic E-state index is 5.29. The zero-order valence-corrected chi connectivity index (χ0v) is 10.5. The molecular weight excluding hydrogens is 222 g/mol. The molecule has 0 amide bonds. The van der Waals surface area contributed by atoms with Crippen molar-refractivity contribution < 1.29 is 4.74 Å². The highest BCUT2D eigenvalue weighted by Gasteiger charge is 2.19. The van der Waals surface area contributed by atoms with E-state index in [1.807, 2.05) is 6.07 Å². The zero-order valence-electron chi connectivity index (χ0n) is 10.5. The molecule has 18 heavy (non-hydrogen) atoms. The molecular formula is C16H17NO. The van der Waals surface area contributed by atoms with Crippen molar-refractivity contribution in [1.82, 2.24) is 0 Å². The minimum absolute atomic E-state index is 0.523. The molecule has 1 heterocycles. The molecule has 0 bridgehead atoms. The lowest BCUT2D eigenvalue weighted by Crippen LogP contribution is -2.21. The van der Waals surface area contributed by atoms with Gasteiger partial charge in [0, 0.05) is 18.2 Å². The van der Waals surface area contributed by atoms with E-state index in [9.17, 15) is 0 Å². The average Bonchev–Trinajstić information content (AvgIpc) is 2.47. The number of ether oxygens (including phenoxy) is 1. The third-order valence-corrected chi connectivity index (χ3v) is 3.59. The summed E-state index contributed by atoms with van der Waals surface area (Å²) < 4.78 is 5.29. The molecule has 3 rings (SSSR count). The topological polar surface area (TPSA) is 21.3 Å². The maximum Gasteiger partial charge on any atom is 0.119 e. The van der Waals surface area contributed by atoms with Crippen LogP contribution in [0, 0.1) is 0 Å². The summed E-state index contributed by atoms with van der Waals surface area (Å²) in [6.07, 6.45) is 1.09. The first-order chi connectivity index (χ1) is 8.86. The van der Waals surface area contributed by atoms with E-state index in [1.165, 1.54) is 16.8 Å². The molecule has 1 unspecified atom stereocenters. The number of methoxy groups -OCH3 is 1. The molecule has 92 valence electrons. The van der Waals surface area contributed by atoms with Crippen molar-refractivity contribution in [3.8, 4) is 5.75 Å². The van der Waals surface area contributed by atoms with Gasteiger partial charge in [0.25, 0.3) is 0 Å². The molecule has 1 aliphatic heterocycles. The Balaban J connectivity index is 1.87. The number of fused-ring (bicyclic) bond motifs is 1. The normalized spacial score (nSPS) is 17.7. The Morgan fingerprint density at radius 3 is 2.89 bits per heavy atom. The van der Waals surface area contributed by atoms with Crippen LogP contribution < -0.4 is 10.1 Å². The van der Waals surface area contributed by atoms with Crippen molar-refractivity contribution in [3.05, 3.63) is 59.7 Å². The summed E-state index contributed by atoms with van der Waals surface area (Å²) in [6, 6.07) is 16.9. The fourth-order valence-electron chi connectivity index (χ4n) is 2.57. The zero-order chi connectivity index (χ0) is 12.4. The summed E-state index contributed by atoms with van der Waals surface area (Å²) in [6.45, 7) is 0.990. The SMILES string of the molecule is COc1cccc(C2CNc3ccccc3C2)c1. The molecule has 2 aromatic carbocycles. The van der Waals surface area contributed by atoms with Crippen molar-refractivity contribution in [1.29, 1.82) is 0 Å². The van der Waals surface area contributed by atoms with E-state index in [4.69, 9.17) is 4.74 Å². The van der Waals surface area contributed by atoms with Crippen LogP contribution in [0.15, 0.2) is 48.5 Å². The first-order valence-corrected chi connectivity index (χ1v) is 6.32. The smallest absolute Gasteiger partial charge is 0.119 e. The van der Waals surface area contributed by atoms with Gasteiger partial charge in [0.1, 0.15) is 5.75 Å². The summed E-state index contributed by atoms with van der Waals surface area (Å²) >= 11 is 0.